The van der Waals surface area contributed by atoms with Gasteiger partial charge in [-0.2, -0.15) is 0 Å². The van der Waals surface area contributed by atoms with E-state index in [9.17, 15) is 0 Å². The highest BCUT2D eigenvalue weighted by atomic mass is 15.1. The Balaban J connectivity index is 1.14. The summed E-state index contributed by atoms with van der Waals surface area (Å²) in [7, 11) is 0. The van der Waals surface area contributed by atoms with Gasteiger partial charge in [-0.1, -0.05) is 159 Å². The standard InChI is InChI=1S/C53H39N/c1-53(2)50-26-14-25-46(37-16-5-3-6-17-37)52(50)47-30-29-45(35-51(47)53)54(43-22-7-4-8-23-43)44-24-13-21-41(32-44)48-33-39-19-11-12-20-40(39)34-49(48)42-28-27-36-15-9-10-18-38(36)31-42/h3-35H,1-2H3. The number of rotatable bonds is 6. The average molecular weight is 690 g/mol. The van der Waals surface area contributed by atoms with Crippen LogP contribution in [0.5, 0.6) is 0 Å². The van der Waals surface area contributed by atoms with Crippen molar-refractivity contribution in [2.45, 2.75) is 19.3 Å². The fourth-order valence-electron chi connectivity index (χ4n) is 8.68. The predicted molar refractivity (Wildman–Crippen MR) is 230 cm³/mol. The number of para-hydroxylation sites is 1. The maximum atomic E-state index is 2.43. The fraction of sp³-hybridized carbons (Fsp3) is 0.0566. The molecular formula is C53H39N. The molecule has 0 bridgehead atoms. The molecule has 1 aliphatic carbocycles. The third-order valence-electron chi connectivity index (χ3n) is 11.4. The third kappa shape index (κ3) is 5.32. The summed E-state index contributed by atoms with van der Waals surface area (Å²) in [5, 5.41) is 4.97. The van der Waals surface area contributed by atoms with Crippen molar-refractivity contribution in [1.29, 1.82) is 0 Å². The largest absolute Gasteiger partial charge is 0.310 e. The van der Waals surface area contributed by atoms with Gasteiger partial charge in [-0.05, 0) is 132 Å². The first-order valence-corrected chi connectivity index (χ1v) is 18.8. The molecule has 9 aromatic rings. The smallest absolute Gasteiger partial charge is 0.0467 e. The zero-order valence-electron chi connectivity index (χ0n) is 30.5. The lowest BCUT2D eigenvalue weighted by molar-refractivity contribution is 0.660. The molecule has 0 radical (unpaired) electrons. The van der Waals surface area contributed by atoms with Gasteiger partial charge in [-0.25, -0.2) is 0 Å². The van der Waals surface area contributed by atoms with Crippen molar-refractivity contribution in [2.75, 3.05) is 4.90 Å². The molecule has 0 atom stereocenters. The number of hydrogen-bond acceptors (Lipinski definition) is 1. The summed E-state index contributed by atoms with van der Waals surface area (Å²) in [6, 6.07) is 73.4. The quantitative estimate of drug-likeness (QED) is 0.168. The van der Waals surface area contributed by atoms with Gasteiger partial charge in [-0.3, -0.25) is 0 Å². The summed E-state index contributed by atoms with van der Waals surface area (Å²) in [6.07, 6.45) is 0. The molecule has 10 rings (SSSR count). The van der Waals surface area contributed by atoms with E-state index in [0.717, 1.165) is 17.1 Å². The highest BCUT2D eigenvalue weighted by Gasteiger charge is 2.37. The Morgan fingerprint density at radius 3 is 1.59 bits per heavy atom. The Hall–Kier alpha value is -6.70. The first-order valence-electron chi connectivity index (χ1n) is 18.8. The minimum Gasteiger partial charge on any atom is -0.310 e. The highest BCUT2D eigenvalue weighted by molar-refractivity contribution is 5.99. The summed E-state index contributed by atoms with van der Waals surface area (Å²) >= 11 is 0. The summed E-state index contributed by atoms with van der Waals surface area (Å²) in [5.74, 6) is 0. The molecule has 0 spiro atoms. The Kier molecular flexibility index (Phi) is 7.56. The molecule has 0 saturated carbocycles. The first kappa shape index (κ1) is 32.0. The van der Waals surface area contributed by atoms with Crippen molar-refractivity contribution in [1.82, 2.24) is 0 Å². The lowest BCUT2D eigenvalue weighted by atomic mass is 9.81. The molecule has 1 heteroatoms. The van der Waals surface area contributed by atoms with Crippen molar-refractivity contribution in [3.05, 3.63) is 211 Å². The van der Waals surface area contributed by atoms with Crippen LogP contribution in [0.2, 0.25) is 0 Å². The Bertz CT molecular complexity index is 2850. The first-order chi connectivity index (χ1) is 26.5. The van der Waals surface area contributed by atoms with Crippen molar-refractivity contribution in [3.63, 3.8) is 0 Å². The van der Waals surface area contributed by atoms with Crippen molar-refractivity contribution >= 4 is 38.6 Å². The highest BCUT2D eigenvalue weighted by Crippen LogP contribution is 2.53. The van der Waals surface area contributed by atoms with Crippen LogP contribution >= 0.6 is 0 Å². The van der Waals surface area contributed by atoms with E-state index >= 15 is 0 Å². The second kappa shape index (κ2) is 12.8. The predicted octanol–water partition coefficient (Wildman–Crippen LogP) is 14.8. The van der Waals surface area contributed by atoms with Gasteiger partial charge in [0.25, 0.3) is 0 Å². The van der Waals surface area contributed by atoms with Crippen LogP contribution in [0.25, 0.3) is 66.1 Å². The minimum atomic E-state index is -0.157. The van der Waals surface area contributed by atoms with Gasteiger partial charge < -0.3 is 4.90 Å². The van der Waals surface area contributed by atoms with Crippen LogP contribution in [0.1, 0.15) is 25.0 Å². The maximum Gasteiger partial charge on any atom is 0.0467 e. The second-order valence-electron chi connectivity index (χ2n) is 15.0. The van der Waals surface area contributed by atoms with Crippen LogP contribution in [-0.4, -0.2) is 0 Å². The van der Waals surface area contributed by atoms with E-state index in [1.807, 2.05) is 0 Å². The Morgan fingerprint density at radius 2 is 0.870 bits per heavy atom. The second-order valence-corrected chi connectivity index (χ2v) is 15.0. The van der Waals surface area contributed by atoms with Gasteiger partial charge in [0.2, 0.25) is 0 Å². The monoisotopic (exact) mass is 689 g/mol. The molecule has 0 N–H and O–H groups in total. The fourth-order valence-corrected chi connectivity index (χ4v) is 8.68. The van der Waals surface area contributed by atoms with Crippen molar-refractivity contribution in [2.24, 2.45) is 0 Å². The van der Waals surface area contributed by atoms with E-state index < -0.39 is 0 Å². The van der Waals surface area contributed by atoms with E-state index in [1.165, 1.54) is 77.2 Å². The van der Waals surface area contributed by atoms with Crippen molar-refractivity contribution < 1.29 is 0 Å². The van der Waals surface area contributed by atoms with Crippen LogP contribution < -0.4 is 4.90 Å². The average Bonchev–Trinajstić information content (AvgIpc) is 3.46. The zero-order valence-corrected chi connectivity index (χ0v) is 30.5. The van der Waals surface area contributed by atoms with E-state index in [2.05, 4.69) is 219 Å². The van der Waals surface area contributed by atoms with Gasteiger partial charge in [-0.15, -0.1) is 0 Å². The van der Waals surface area contributed by atoms with E-state index in [0.29, 0.717) is 0 Å². The number of anilines is 3. The molecule has 0 saturated heterocycles. The normalized spacial score (nSPS) is 12.8. The molecule has 0 aliphatic heterocycles. The molecule has 0 amide bonds. The lowest BCUT2D eigenvalue weighted by Crippen LogP contribution is -2.16. The Labute approximate surface area is 317 Å². The molecule has 1 nitrogen and oxygen atoms in total. The third-order valence-corrected chi connectivity index (χ3v) is 11.4. The molecule has 0 aromatic heterocycles. The van der Waals surface area contributed by atoms with Crippen LogP contribution in [0.4, 0.5) is 17.1 Å². The van der Waals surface area contributed by atoms with Gasteiger partial charge in [0, 0.05) is 22.5 Å². The molecule has 9 aromatic carbocycles. The van der Waals surface area contributed by atoms with E-state index in [-0.39, 0.29) is 5.41 Å². The number of hydrogen-bond donors (Lipinski definition) is 0. The summed E-state index contributed by atoms with van der Waals surface area (Å²) in [5.41, 5.74) is 16.0. The summed E-state index contributed by atoms with van der Waals surface area (Å²) < 4.78 is 0. The minimum absolute atomic E-state index is 0.157. The van der Waals surface area contributed by atoms with E-state index in [1.54, 1.807) is 0 Å². The van der Waals surface area contributed by atoms with Crippen LogP contribution in [-0.2, 0) is 5.41 Å². The molecule has 256 valence electrons. The zero-order chi connectivity index (χ0) is 36.2. The molecule has 1 aliphatic rings. The molecule has 0 unspecified atom stereocenters. The van der Waals surface area contributed by atoms with Gasteiger partial charge in [0.1, 0.15) is 0 Å². The molecule has 0 heterocycles. The lowest BCUT2D eigenvalue weighted by Gasteiger charge is -2.28. The SMILES string of the molecule is CC1(C)c2cc(N(c3ccccc3)c3cccc(-c4cc5ccccc5cc4-c4ccc5ccccc5c4)c3)ccc2-c2c(-c3ccccc3)cccc21. The van der Waals surface area contributed by atoms with Gasteiger partial charge >= 0.3 is 0 Å². The van der Waals surface area contributed by atoms with Crippen LogP contribution in [0.3, 0.4) is 0 Å². The van der Waals surface area contributed by atoms with Gasteiger partial charge in [0.05, 0.1) is 0 Å². The molecular weight excluding hydrogens is 651 g/mol. The van der Waals surface area contributed by atoms with Crippen LogP contribution in [0, 0.1) is 0 Å². The van der Waals surface area contributed by atoms with Crippen LogP contribution in [0.15, 0.2) is 200 Å². The van der Waals surface area contributed by atoms with Gasteiger partial charge in [0.15, 0.2) is 0 Å². The van der Waals surface area contributed by atoms with Crippen molar-refractivity contribution in [3.8, 4) is 44.5 Å². The molecule has 0 fully saturated rings. The summed E-state index contributed by atoms with van der Waals surface area (Å²) in [6.45, 7) is 4.75. The summed E-state index contributed by atoms with van der Waals surface area (Å²) in [4.78, 5) is 2.41. The molecule has 54 heavy (non-hydrogen) atoms. The number of fused-ring (bicyclic) bond motifs is 5. The van der Waals surface area contributed by atoms with E-state index in [4.69, 9.17) is 0 Å². The number of benzene rings is 9. The topological polar surface area (TPSA) is 3.24 Å². The Morgan fingerprint density at radius 1 is 0.315 bits per heavy atom. The number of nitrogens with zero attached hydrogens (tertiary/aromatic N) is 1. The maximum absolute atomic E-state index is 2.43.